The normalized spacial score (nSPS) is 14.5. The van der Waals surface area contributed by atoms with E-state index in [1.54, 1.807) is 18.2 Å². The van der Waals surface area contributed by atoms with E-state index in [-0.39, 0.29) is 6.61 Å². The summed E-state index contributed by atoms with van der Waals surface area (Å²) in [6.07, 6.45) is 0.0679. The molecule has 0 heterocycles. The molecule has 0 spiro atoms. The summed E-state index contributed by atoms with van der Waals surface area (Å²) in [7, 11) is 0. The summed E-state index contributed by atoms with van der Waals surface area (Å²) in [6.45, 7) is 2.42. The SMILES string of the molecule is CCCOc1cccc(C(O)C(N)CO)c1. The Balaban J connectivity index is 2.73. The predicted octanol–water partition coefficient (Wildman–Crippen LogP) is 0.828. The van der Waals surface area contributed by atoms with Gasteiger partial charge in [-0.1, -0.05) is 19.1 Å². The van der Waals surface area contributed by atoms with Gasteiger partial charge in [0, 0.05) is 0 Å². The molecule has 0 saturated carbocycles. The standard InChI is InChI=1S/C12H19NO3/c1-2-6-16-10-5-3-4-9(7-10)12(15)11(13)8-14/h3-5,7,11-12,14-15H,2,6,8,13H2,1H3. The lowest BCUT2D eigenvalue weighted by molar-refractivity contribution is 0.109. The van der Waals surface area contributed by atoms with Crippen LogP contribution in [0.1, 0.15) is 25.0 Å². The van der Waals surface area contributed by atoms with Crippen LogP contribution in [0, 0.1) is 0 Å². The number of rotatable bonds is 6. The van der Waals surface area contributed by atoms with Crippen molar-refractivity contribution in [2.75, 3.05) is 13.2 Å². The summed E-state index contributed by atoms with van der Waals surface area (Å²) >= 11 is 0. The molecule has 1 aromatic carbocycles. The summed E-state index contributed by atoms with van der Waals surface area (Å²) in [5.41, 5.74) is 6.22. The second-order valence-electron chi connectivity index (χ2n) is 3.71. The molecule has 0 aliphatic carbocycles. The molecule has 0 aliphatic heterocycles. The Hall–Kier alpha value is -1.10. The van der Waals surface area contributed by atoms with Gasteiger partial charge in [0.05, 0.1) is 25.4 Å². The first-order valence-electron chi connectivity index (χ1n) is 5.46. The molecule has 2 atom stereocenters. The minimum Gasteiger partial charge on any atom is -0.494 e. The molecule has 16 heavy (non-hydrogen) atoms. The molecule has 0 fully saturated rings. The maximum Gasteiger partial charge on any atom is 0.119 e. The van der Waals surface area contributed by atoms with Crippen LogP contribution in [0.25, 0.3) is 0 Å². The van der Waals surface area contributed by atoms with Gasteiger partial charge in [0.15, 0.2) is 0 Å². The van der Waals surface area contributed by atoms with Crippen molar-refractivity contribution in [3.8, 4) is 5.75 Å². The van der Waals surface area contributed by atoms with Gasteiger partial charge in [-0.2, -0.15) is 0 Å². The number of hydrogen-bond donors (Lipinski definition) is 3. The molecular weight excluding hydrogens is 206 g/mol. The van der Waals surface area contributed by atoms with Crippen LogP contribution in [-0.2, 0) is 0 Å². The highest BCUT2D eigenvalue weighted by molar-refractivity contribution is 5.30. The molecule has 0 amide bonds. The molecule has 1 rings (SSSR count). The Morgan fingerprint density at radius 3 is 2.81 bits per heavy atom. The van der Waals surface area contributed by atoms with Crippen LogP contribution < -0.4 is 10.5 Å². The van der Waals surface area contributed by atoms with Crippen molar-refractivity contribution >= 4 is 0 Å². The number of hydrogen-bond acceptors (Lipinski definition) is 4. The Kier molecular flexibility index (Phi) is 5.25. The highest BCUT2D eigenvalue weighted by atomic mass is 16.5. The van der Waals surface area contributed by atoms with Crippen molar-refractivity contribution < 1.29 is 14.9 Å². The van der Waals surface area contributed by atoms with Gasteiger partial charge < -0.3 is 20.7 Å². The van der Waals surface area contributed by atoms with Gasteiger partial charge in [0.25, 0.3) is 0 Å². The zero-order valence-electron chi connectivity index (χ0n) is 9.47. The van der Waals surface area contributed by atoms with Crippen molar-refractivity contribution in [3.63, 3.8) is 0 Å². The molecule has 4 nitrogen and oxygen atoms in total. The maximum atomic E-state index is 9.80. The number of nitrogens with two attached hydrogens (primary N) is 1. The fraction of sp³-hybridized carbons (Fsp3) is 0.500. The van der Waals surface area contributed by atoms with E-state index < -0.39 is 12.1 Å². The van der Waals surface area contributed by atoms with Gasteiger partial charge in [-0.25, -0.2) is 0 Å². The summed E-state index contributed by atoms with van der Waals surface area (Å²) in [5.74, 6) is 0.712. The second-order valence-corrected chi connectivity index (χ2v) is 3.71. The zero-order valence-corrected chi connectivity index (χ0v) is 9.47. The van der Waals surface area contributed by atoms with Crippen molar-refractivity contribution in [1.29, 1.82) is 0 Å². The van der Waals surface area contributed by atoms with Crippen LogP contribution in [0.3, 0.4) is 0 Å². The van der Waals surface area contributed by atoms with E-state index in [0.29, 0.717) is 17.9 Å². The minimum absolute atomic E-state index is 0.249. The van der Waals surface area contributed by atoms with E-state index in [4.69, 9.17) is 15.6 Å². The molecule has 0 aromatic heterocycles. The summed E-state index contributed by atoms with van der Waals surface area (Å²) in [6, 6.07) is 6.47. The van der Waals surface area contributed by atoms with Crippen molar-refractivity contribution in [3.05, 3.63) is 29.8 Å². The first-order chi connectivity index (χ1) is 7.69. The Morgan fingerprint density at radius 1 is 1.44 bits per heavy atom. The van der Waals surface area contributed by atoms with Crippen LogP contribution in [0.15, 0.2) is 24.3 Å². The first kappa shape index (κ1) is 13.0. The van der Waals surface area contributed by atoms with Crippen LogP contribution in [0.5, 0.6) is 5.75 Å². The number of aliphatic hydroxyl groups is 2. The van der Waals surface area contributed by atoms with Crippen molar-refractivity contribution in [1.82, 2.24) is 0 Å². The topological polar surface area (TPSA) is 75.7 Å². The lowest BCUT2D eigenvalue weighted by Crippen LogP contribution is -2.31. The van der Waals surface area contributed by atoms with E-state index in [1.165, 1.54) is 0 Å². The van der Waals surface area contributed by atoms with E-state index >= 15 is 0 Å². The molecule has 1 aromatic rings. The lowest BCUT2D eigenvalue weighted by atomic mass is 10.0. The number of ether oxygens (including phenoxy) is 1. The lowest BCUT2D eigenvalue weighted by Gasteiger charge is -2.17. The van der Waals surface area contributed by atoms with E-state index in [9.17, 15) is 5.11 Å². The third kappa shape index (κ3) is 3.48. The summed E-state index contributed by atoms with van der Waals surface area (Å²) in [4.78, 5) is 0. The van der Waals surface area contributed by atoms with Crippen LogP contribution in [0.4, 0.5) is 0 Å². The van der Waals surface area contributed by atoms with Gasteiger partial charge in [-0.3, -0.25) is 0 Å². The molecule has 4 heteroatoms. The Labute approximate surface area is 95.7 Å². The molecular formula is C12H19NO3. The third-order valence-corrected chi connectivity index (χ3v) is 2.29. The second kappa shape index (κ2) is 6.48. The smallest absolute Gasteiger partial charge is 0.119 e. The average molecular weight is 225 g/mol. The molecule has 90 valence electrons. The van der Waals surface area contributed by atoms with Gasteiger partial charge >= 0.3 is 0 Å². The quantitative estimate of drug-likeness (QED) is 0.670. The van der Waals surface area contributed by atoms with E-state index in [1.807, 2.05) is 13.0 Å². The fourth-order valence-electron chi connectivity index (χ4n) is 1.36. The van der Waals surface area contributed by atoms with Crippen LogP contribution in [0.2, 0.25) is 0 Å². The monoisotopic (exact) mass is 225 g/mol. The Bertz CT molecular complexity index is 317. The van der Waals surface area contributed by atoms with Crippen molar-refractivity contribution in [2.24, 2.45) is 5.73 Å². The summed E-state index contributed by atoms with van der Waals surface area (Å²) in [5, 5.41) is 18.7. The third-order valence-electron chi connectivity index (χ3n) is 2.29. The van der Waals surface area contributed by atoms with Gasteiger partial charge in [-0.05, 0) is 24.1 Å². The number of benzene rings is 1. The molecule has 4 N–H and O–H groups in total. The van der Waals surface area contributed by atoms with Gasteiger partial charge in [0.1, 0.15) is 5.75 Å². The van der Waals surface area contributed by atoms with Crippen LogP contribution >= 0.6 is 0 Å². The zero-order chi connectivity index (χ0) is 12.0. The highest BCUT2D eigenvalue weighted by Gasteiger charge is 2.16. The van der Waals surface area contributed by atoms with Gasteiger partial charge in [-0.15, -0.1) is 0 Å². The number of aliphatic hydroxyl groups excluding tert-OH is 2. The van der Waals surface area contributed by atoms with Gasteiger partial charge in [0.2, 0.25) is 0 Å². The largest absolute Gasteiger partial charge is 0.494 e. The predicted molar refractivity (Wildman–Crippen MR) is 62.2 cm³/mol. The van der Waals surface area contributed by atoms with Crippen molar-refractivity contribution in [2.45, 2.75) is 25.5 Å². The molecule has 2 unspecified atom stereocenters. The first-order valence-corrected chi connectivity index (χ1v) is 5.46. The molecule has 0 saturated heterocycles. The molecule has 0 radical (unpaired) electrons. The minimum atomic E-state index is -0.866. The molecule has 0 aliphatic rings. The Morgan fingerprint density at radius 2 is 2.19 bits per heavy atom. The summed E-state index contributed by atoms with van der Waals surface area (Å²) < 4.78 is 5.44. The van der Waals surface area contributed by atoms with E-state index in [0.717, 1.165) is 6.42 Å². The van der Waals surface area contributed by atoms with E-state index in [2.05, 4.69) is 0 Å². The maximum absolute atomic E-state index is 9.80. The average Bonchev–Trinajstić information content (AvgIpc) is 2.34. The highest BCUT2D eigenvalue weighted by Crippen LogP contribution is 2.21. The van der Waals surface area contributed by atoms with Crippen LogP contribution in [-0.4, -0.2) is 29.5 Å². The molecule has 0 bridgehead atoms. The fourth-order valence-corrected chi connectivity index (χ4v) is 1.36.